The minimum Gasteiger partial charge on any atom is -0.347 e. The number of amides is 2. The van der Waals surface area contributed by atoms with Crippen molar-refractivity contribution in [2.45, 2.75) is 43.1 Å². The Labute approximate surface area is 232 Å². The fourth-order valence-electron chi connectivity index (χ4n) is 6.02. The Bertz CT molecular complexity index is 1780. The topological polar surface area (TPSA) is 92.5 Å². The van der Waals surface area contributed by atoms with Gasteiger partial charge in [0, 0.05) is 54.6 Å². The molecule has 7 rings (SSSR count). The minimum absolute atomic E-state index is 0.0481. The van der Waals surface area contributed by atoms with Crippen LogP contribution in [0, 0.1) is 0 Å². The zero-order valence-electron chi connectivity index (χ0n) is 22.6. The summed E-state index contributed by atoms with van der Waals surface area (Å²) >= 11 is 0. The molecule has 0 bridgehead atoms. The van der Waals surface area contributed by atoms with Crippen LogP contribution in [-0.4, -0.2) is 55.7 Å². The molecule has 2 aliphatic carbocycles. The van der Waals surface area contributed by atoms with E-state index in [0.29, 0.717) is 24.2 Å². The number of fused-ring (bicyclic) bond motifs is 2. The van der Waals surface area contributed by atoms with Crippen LogP contribution in [-0.2, 0) is 10.2 Å². The van der Waals surface area contributed by atoms with Crippen molar-refractivity contribution in [1.82, 2.24) is 29.6 Å². The van der Waals surface area contributed by atoms with Crippen LogP contribution in [0.4, 0.5) is 0 Å². The van der Waals surface area contributed by atoms with Gasteiger partial charge in [-0.3, -0.25) is 19.0 Å². The molecule has 3 aromatic heterocycles. The molecule has 5 aromatic rings. The molecular weight excluding hydrogens is 500 g/mol. The lowest BCUT2D eigenvalue weighted by atomic mass is 9.75. The molecule has 2 amide bonds. The molecule has 0 aliphatic heterocycles. The molecule has 40 heavy (non-hydrogen) atoms. The van der Waals surface area contributed by atoms with E-state index in [2.05, 4.69) is 55.1 Å². The van der Waals surface area contributed by atoms with Gasteiger partial charge in [-0.05, 0) is 73.6 Å². The number of pyridine rings is 1. The first-order chi connectivity index (χ1) is 19.4. The average Bonchev–Trinajstić information content (AvgIpc) is 3.66. The molecule has 0 unspecified atom stereocenters. The van der Waals surface area contributed by atoms with Crippen molar-refractivity contribution in [2.24, 2.45) is 0 Å². The van der Waals surface area contributed by atoms with Gasteiger partial charge in [0.1, 0.15) is 5.54 Å². The second-order valence-electron chi connectivity index (χ2n) is 11.3. The number of nitrogens with zero attached hydrogens (tertiary/aromatic N) is 5. The van der Waals surface area contributed by atoms with Crippen LogP contribution in [0.5, 0.6) is 0 Å². The lowest BCUT2D eigenvalue weighted by Crippen LogP contribution is -2.62. The van der Waals surface area contributed by atoms with Gasteiger partial charge in [-0.15, -0.1) is 0 Å². The largest absolute Gasteiger partial charge is 0.347 e. The van der Waals surface area contributed by atoms with E-state index in [-0.39, 0.29) is 17.2 Å². The number of carbonyl (C=O) groups is 2. The third kappa shape index (κ3) is 3.86. The summed E-state index contributed by atoms with van der Waals surface area (Å²) in [5.41, 5.74) is 4.94. The Morgan fingerprint density at radius 3 is 2.38 bits per heavy atom. The second-order valence-corrected chi connectivity index (χ2v) is 11.3. The van der Waals surface area contributed by atoms with Crippen LogP contribution in [0.3, 0.4) is 0 Å². The normalized spacial score (nSPS) is 16.9. The molecule has 0 saturated heterocycles. The van der Waals surface area contributed by atoms with Crippen LogP contribution in [0.1, 0.15) is 53.7 Å². The first-order valence-electron chi connectivity index (χ1n) is 13.7. The molecule has 2 aliphatic rings. The first-order valence-corrected chi connectivity index (χ1v) is 13.7. The molecule has 2 aromatic carbocycles. The van der Waals surface area contributed by atoms with E-state index in [4.69, 9.17) is 0 Å². The highest BCUT2D eigenvalue weighted by Gasteiger charge is 2.48. The Hall–Kier alpha value is -4.59. The third-order valence-electron chi connectivity index (χ3n) is 8.62. The van der Waals surface area contributed by atoms with Crippen molar-refractivity contribution >= 4 is 28.5 Å². The standard InChI is InChI=1S/C32H30N6O2/c1-37(2)29(40)32(12-4-13-32)36-28(39)22-8-6-21(7-9-22)24-18-34-30-35-19-27(38(30)20-24)31(14-15-31)25-10-11-26-23(17-25)5-3-16-33-26/h3,5-11,16-20H,4,12-15H2,1-2H3,(H,36,39). The summed E-state index contributed by atoms with van der Waals surface area (Å²) in [6.07, 6.45) is 12.1. The van der Waals surface area contributed by atoms with Crippen molar-refractivity contribution in [3.05, 3.63) is 96.2 Å². The maximum atomic E-state index is 13.0. The summed E-state index contributed by atoms with van der Waals surface area (Å²) in [4.78, 5) is 41.0. The molecule has 2 fully saturated rings. The summed E-state index contributed by atoms with van der Waals surface area (Å²) in [5, 5.41) is 4.14. The zero-order chi connectivity index (χ0) is 27.5. The Balaban J connectivity index is 1.17. The van der Waals surface area contributed by atoms with E-state index >= 15 is 0 Å². The van der Waals surface area contributed by atoms with E-state index in [1.807, 2.05) is 48.9 Å². The van der Waals surface area contributed by atoms with Gasteiger partial charge in [0.05, 0.1) is 17.4 Å². The average molecular weight is 531 g/mol. The number of hydrogen-bond donors (Lipinski definition) is 1. The molecule has 8 heteroatoms. The highest BCUT2D eigenvalue weighted by Crippen LogP contribution is 2.53. The number of rotatable bonds is 6. The number of likely N-dealkylation sites (N-methyl/N-ethyl adjacent to an activating group) is 1. The van der Waals surface area contributed by atoms with Gasteiger partial charge in [-0.2, -0.15) is 0 Å². The van der Waals surface area contributed by atoms with Crippen LogP contribution >= 0.6 is 0 Å². The van der Waals surface area contributed by atoms with Crippen molar-refractivity contribution in [1.29, 1.82) is 0 Å². The lowest BCUT2D eigenvalue weighted by molar-refractivity contribution is -0.138. The molecule has 1 N–H and O–H groups in total. The van der Waals surface area contributed by atoms with Crippen LogP contribution in [0.15, 0.2) is 79.4 Å². The van der Waals surface area contributed by atoms with E-state index in [1.54, 1.807) is 19.0 Å². The monoisotopic (exact) mass is 530 g/mol. The van der Waals surface area contributed by atoms with Crippen molar-refractivity contribution < 1.29 is 9.59 Å². The lowest BCUT2D eigenvalue weighted by Gasteiger charge is -2.42. The molecule has 0 radical (unpaired) electrons. The van der Waals surface area contributed by atoms with E-state index in [0.717, 1.165) is 47.0 Å². The Morgan fingerprint density at radius 2 is 1.68 bits per heavy atom. The fourth-order valence-corrected chi connectivity index (χ4v) is 6.02. The maximum Gasteiger partial charge on any atom is 0.252 e. The predicted octanol–water partition coefficient (Wildman–Crippen LogP) is 4.77. The minimum atomic E-state index is -0.785. The summed E-state index contributed by atoms with van der Waals surface area (Å²) in [6.45, 7) is 0. The van der Waals surface area contributed by atoms with Crippen molar-refractivity contribution in [3.63, 3.8) is 0 Å². The summed E-state index contributed by atoms with van der Waals surface area (Å²) in [7, 11) is 3.45. The van der Waals surface area contributed by atoms with Gasteiger partial charge in [0.15, 0.2) is 0 Å². The van der Waals surface area contributed by atoms with Gasteiger partial charge in [-0.1, -0.05) is 24.3 Å². The molecular formula is C32H30N6O2. The molecule has 0 atom stereocenters. The summed E-state index contributed by atoms with van der Waals surface area (Å²) in [5.74, 6) is 0.390. The van der Waals surface area contributed by atoms with Gasteiger partial charge < -0.3 is 10.2 Å². The number of hydrogen-bond acceptors (Lipinski definition) is 5. The van der Waals surface area contributed by atoms with E-state index in [1.165, 1.54) is 5.56 Å². The fraction of sp³-hybridized carbons (Fsp3) is 0.281. The molecule has 8 nitrogen and oxygen atoms in total. The summed E-state index contributed by atoms with van der Waals surface area (Å²) in [6, 6.07) is 18.1. The third-order valence-corrected chi connectivity index (χ3v) is 8.62. The van der Waals surface area contributed by atoms with Gasteiger partial charge >= 0.3 is 0 Å². The highest BCUT2D eigenvalue weighted by atomic mass is 16.2. The van der Waals surface area contributed by atoms with Crippen LogP contribution in [0.2, 0.25) is 0 Å². The number of benzene rings is 2. The molecule has 2 saturated carbocycles. The van der Waals surface area contributed by atoms with Gasteiger partial charge in [0.25, 0.3) is 5.91 Å². The van der Waals surface area contributed by atoms with Gasteiger partial charge in [-0.25, -0.2) is 9.97 Å². The molecule has 200 valence electrons. The van der Waals surface area contributed by atoms with E-state index < -0.39 is 5.54 Å². The first kappa shape index (κ1) is 24.5. The van der Waals surface area contributed by atoms with Crippen molar-refractivity contribution in [2.75, 3.05) is 14.1 Å². The van der Waals surface area contributed by atoms with Crippen LogP contribution in [0.25, 0.3) is 27.8 Å². The number of imidazole rings is 1. The number of nitrogens with one attached hydrogen (secondary N) is 1. The molecule has 3 heterocycles. The van der Waals surface area contributed by atoms with Crippen LogP contribution < -0.4 is 5.32 Å². The van der Waals surface area contributed by atoms with E-state index in [9.17, 15) is 9.59 Å². The summed E-state index contributed by atoms with van der Waals surface area (Å²) < 4.78 is 2.10. The highest BCUT2D eigenvalue weighted by molar-refractivity contribution is 6.00. The number of aromatic nitrogens is 4. The smallest absolute Gasteiger partial charge is 0.252 e. The van der Waals surface area contributed by atoms with Crippen molar-refractivity contribution in [3.8, 4) is 11.1 Å². The predicted molar refractivity (Wildman–Crippen MR) is 153 cm³/mol. The Morgan fingerprint density at radius 1 is 0.900 bits per heavy atom. The van der Waals surface area contributed by atoms with Gasteiger partial charge in [0.2, 0.25) is 11.7 Å². The Kier molecular flexibility index (Phi) is 5.49. The molecule has 0 spiro atoms. The number of carbonyl (C=O) groups excluding carboxylic acids is 2. The second kappa shape index (κ2) is 8.98. The quantitative estimate of drug-likeness (QED) is 0.342. The zero-order valence-corrected chi connectivity index (χ0v) is 22.6. The maximum absolute atomic E-state index is 13.0. The SMILES string of the molecule is CN(C)C(=O)C1(NC(=O)c2ccc(-c3cnc4ncc(C5(c6ccc7ncccc7c6)CC5)n4c3)cc2)CCC1.